The number of pyridine rings is 2. The molecule has 1 aliphatic rings. The minimum absolute atomic E-state index is 0.0213. The fourth-order valence-corrected chi connectivity index (χ4v) is 4.07. The van der Waals surface area contributed by atoms with Gasteiger partial charge in [-0.15, -0.1) is 0 Å². The van der Waals surface area contributed by atoms with Gasteiger partial charge in [0, 0.05) is 29.4 Å². The highest BCUT2D eigenvalue weighted by molar-refractivity contribution is 6.16. The van der Waals surface area contributed by atoms with E-state index in [-0.39, 0.29) is 22.7 Å². The molecule has 204 valence electrons. The number of nitrogens with one attached hydrogen (secondary N) is 2. The average Bonchev–Trinajstić information content (AvgIpc) is 3.77. The van der Waals surface area contributed by atoms with Gasteiger partial charge in [-0.25, -0.2) is 18.6 Å². The number of rotatable bonds is 8. The molecule has 2 heterocycles. The molecule has 2 aromatic heterocycles. The number of carbonyl (C=O) groups excluding carboxylic acids is 3. The van der Waals surface area contributed by atoms with E-state index in [0.717, 1.165) is 6.07 Å². The lowest BCUT2D eigenvalue weighted by Gasteiger charge is -2.16. The molecule has 0 atom stereocenters. The summed E-state index contributed by atoms with van der Waals surface area (Å²) in [5, 5.41) is 5.51. The molecule has 1 aliphatic carbocycles. The first-order valence-corrected chi connectivity index (χ1v) is 12.0. The van der Waals surface area contributed by atoms with Crippen molar-refractivity contribution in [2.75, 3.05) is 24.9 Å². The molecule has 1 fully saturated rings. The van der Waals surface area contributed by atoms with Crippen LogP contribution in [-0.4, -0.2) is 42.0 Å². The third kappa shape index (κ3) is 5.10. The molecule has 0 unspecified atom stereocenters. The molecule has 10 nitrogen and oxygen atoms in total. The molecule has 0 aliphatic heterocycles. The zero-order valence-corrected chi connectivity index (χ0v) is 21.3. The summed E-state index contributed by atoms with van der Waals surface area (Å²) < 4.78 is 43.9. The largest absolute Gasteiger partial charge is 0.496 e. The number of fused-ring (bicyclic) bond motifs is 1. The third-order valence-electron chi connectivity index (χ3n) is 6.42. The number of anilines is 2. The molecule has 0 spiro atoms. The van der Waals surface area contributed by atoms with Crippen molar-refractivity contribution < 1.29 is 37.4 Å². The fourth-order valence-electron chi connectivity index (χ4n) is 4.07. The number of ether oxygens (including phenoxy) is 3. The van der Waals surface area contributed by atoms with Gasteiger partial charge in [-0.2, -0.15) is 0 Å². The Bertz CT molecular complexity index is 1640. The predicted molar refractivity (Wildman–Crippen MR) is 139 cm³/mol. The zero-order valence-electron chi connectivity index (χ0n) is 21.3. The van der Waals surface area contributed by atoms with Crippen molar-refractivity contribution in [3.63, 3.8) is 0 Å². The van der Waals surface area contributed by atoms with E-state index in [2.05, 4.69) is 20.6 Å². The summed E-state index contributed by atoms with van der Waals surface area (Å²) in [6.07, 6.45) is 3.23. The van der Waals surface area contributed by atoms with Crippen LogP contribution in [0.25, 0.3) is 10.9 Å². The van der Waals surface area contributed by atoms with E-state index in [1.165, 1.54) is 69.1 Å². The van der Waals surface area contributed by atoms with Crippen LogP contribution in [0, 0.1) is 17.0 Å². The second kappa shape index (κ2) is 10.6. The van der Waals surface area contributed by atoms with Gasteiger partial charge in [-0.3, -0.25) is 14.6 Å². The lowest BCUT2D eigenvalue weighted by Crippen LogP contribution is -2.35. The maximum Gasteiger partial charge on any atom is 0.341 e. The number of esters is 1. The van der Waals surface area contributed by atoms with E-state index in [9.17, 15) is 23.2 Å². The summed E-state index contributed by atoms with van der Waals surface area (Å²) in [7, 11) is 2.63. The van der Waals surface area contributed by atoms with Crippen molar-refractivity contribution in [3.8, 4) is 17.4 Å². The van der Waals surface area contributed by atoms with Crippen molar-refractivity contribution in [1.82, 2.24) is 9.97 Å². The number of hydrogen-bond donors (Lipinski definition) is 2. The number of carbonyl (C=O) groups is 3. The fraction of sp³-hybridized carbons (Fsp3) is 0.179. The van der Waals surface area contributed by atoms with E-state index in [0.29, 0.717) is 29.4 Å². The Morgan fingerprint density at radius 2 is 1.57 bits per heavy atom. The van der Waals surface area contributed by atoms with E-state index in [1.807, 2.05) is 0 Å². The monoisotopic (exact) mass is 548 g/mol. The summed E-state index contributed by atoms with van der Waals surface area (Å²) in [4.78, 5) is 46.1. The number of methoxy groups -OCH3 is 2. The van der Waals surface area contributed by atoms with Gasteiger partial charge in [0.15, 0.2) is 5.82 Å². The summed E-state index contributed by atoms with van der Waals surface area (Å²) in [6, 6.07) is 10.6. The number of aromatic nitrogens is 2. The van der Waals surface area contributed by atoms with Crippen molar-refractivity contribution in [3.05, 3.63) is 78.1 Å². The van der Waals surface area contributed by atoms with Crippen LogP contribution in [0.15, 0.2) is 60.9 Å². The summed E-state index contributed by atoms with van der Waals surface area (Å²) >= 11 is 0. The molecular weight excluding hydrogens is 526 g/mol. The molecule has 2 aromatic carbocycles. The van der Waals surface area contributed by atoms with Crippen molar-refractivity contribution >= 4 is 40.1 Å². The van der Waals surface area contributed by atoms with Gasteiger partial charge >= 0.3 is 5.97 Å². The Morgan fingerprint density at radius 1 is 0.875 bits per heavy atom. The van der Waals surface area contributed by atoms with Crippen LogP contribution in [0.2, 0.25) is 0 Å². The SMILES string of the molecule is COC(=O)c1cc2c(Oc3ncc(NC(=O)C4(C(=O)Nc5ccc(F)cc5)CC4)cc3F)ccnc2cc1OC. The molecule has 2 N–H and O–H groups in total. The van der Waals surface area contributed by atoms with Crippen LogP contribution in [0.5, 0.6) is 17.4 Å². The highest BCUT2D eigenvalue weighted by Crippen LogP contribution is 2.47. The van der Waals surface area contributed by atoms with Crippen LogP contribution < -0.4 is 20.1 Å². The summed E-state index contributed by atoms with van der Waals surface area (Å²) in [6.45, 7) is 0. The quantitative estimate of drug-likeness (QED) is 0.236. The number of nitrogens with zero attached hydrogens (tertiary/aromatic N) is 2. The molecule has 40 heavy (non-hydrogen) atoms. The molecule has 2 amide bonds. The van der Waals surface area contributed by atoms with Crippen LogP contribution in [-0.2, 0) is 14.3 Å². The van der Waals surface area contributed by atoms with Crippen LogP contribution >= 0.6 is 0 Å². The lowest BCUT2D eigenvalue weighted by atomic mass is 10.0. The normalized spacial score (nSPS) is 13.3. The molecular formula is C28H22F2N4O6. The van der Waals surface area contributed by atoms with Crippen molar-refractivity contribution in [2.24, 2.45) is 5.41 Å². The van der Waals surface area contributed by atoms with Crippen LogP contribution in [0.3, 0.4) is 0 Å². The lowest BCUT2D eigenvalue weighted by molar-refractivity contribution is -0.131. The number of benzene rings is 2. The Morgan fingerprint density at radius 3 is 2.20 bits per heavy atom. The van der Waals surface area contributed by atoms with Gasteiger partial charge in [-0.05, 0) is 49.2 Å². The maximum atomic E-state index is 15.0. The highest BCUT2D eigenvalue weighted by atomic mass is 19.1. The van der Waals surface area contributed by atoms with E-state index in [1.54, 1.807) is 0 Å². The smallest absolute Gasteiger partial charge is 0.341 e. The summed E-state index contributed by atoms with van der Waals surface area (Å²) in [5.41, 5.74) is -0.415. The summed E-state index contributed by atoms with van der Waals surface area (Å²) in [5.74, 6) is -3.13. The first kappa shape index (κ1) is 26.5. The predicted octanol–water partition coefficient (Wildman–Crippen LogP) is 4.85. The topological polar surface area (TPSA) is 129 Å². The van der Waals surface area contributed by atoms with E-state index >= 15 is 0 Å². The molecule has 1 saturated carbocycles. The number of amides is 2. The Balaban J connectivity index is 1.33. The van der Waals surface area contributed by atoms with Gasteiger partial charge < -0.3 is 24.8 Å². The van der Waals surface area contributed by atoms with Crippen LogP contribution in [0.1, 0.15) is 23.2 Å². The second-order valence-electron chi connectivity index (χ2n) is 8.98. The van der Waals surface area contributed by atoms with Gasteiger partial charge in [0.05, 0.1) is 31.6 Å². The van der Waals surface area contributed by atoms with Gasteiger partial charge in [-0.1, -0.05) is 0 Å². The standard InChI is InChI=1S/C28H22F2N4O6/c1-38-23-13-21-18(12-19(23)25(35)39-2)22(7-10-31-21)40-24-20(30)11-17(14-32-24)34-27(37)28(8-9-28)26(36)33-16-5-3-15(29)4-6-16/h3-7,10-14H,8-9H2,1-2H3,(H,33,36)(H,34,37). The minimum Gasteiger partial charge on any atom is -0.496 e. The number of hydrogen-bond acceptors (Lipinski definition) is 8. The molecule has 5 rings (SSSR count). The Hall–Kier alpha value is -5.13. The first-order chi connectivity index (χ1) is 19.2. The zero-order chi connectivity index (χ0) is 28.4. The Kier molecular flexibility index (Phi) is 6.99. The molecule has 0 radical (unpaired) electrons. The van der Waals surface area contributed by atoms with Crippen molar-refractivity contribution in [2.45, 2.75) is 12.8 Å². The average molecular weight is 549 g/mol. The first-order valence-electron chi connectivity index (χ1n) is 12.0. The van der Waals surface area contributed by atoms with Gasteiger partial charge in [0.2, 0.25) is 11.8 Å². The van der Waals surface area contributed by atoms with Crippen LogP contribution in [0.4, 0.5) is 20.2 Å². The second-order valence-corrected chi connectivity index (χ2v) is 8.98. The molecule has 12 heteroatoms. The Labute approximate surface area is 226 Å². The molecule has 4 aromatic rings. The molecule has 0 saturated heterocycles. The van der Waals surface area contributed by atoms with Gasteiger partial charge in [0.1, 0.15) is 28.3 Å². The van der Waals surface area contributed by atoms with E-state index in [4.69, 9.17) is 14.2 Å². The number of halogens is 2. The van der Waals surface area contributed by atoms with Gasteiger partial charge in [0.25, 0.3) is 5.88 Å². The third-order valence-corrected chi connectivity index (χ3v) is 6.42. The molecule has 0 bridgehead atoms. The minimum atomic E-state index is -1.33. The highest BCUT2D eigenvalue weighted by Gasteiger charge is 2.56. The maximum absolute atomic E-state index is 15.0. The van der Waals surface area contributed by atoms with Crippen molar-refractivity contribution in [1.29, 1.82) is 0 Å². The van der Waals surface area contributed by atoms with E-state index < -0.39 is 40.7 Å².